The molecule has 1 aliphatic heterocycles. The van der Waals surface area contributed by atoms with Gasteiger partial charge in [-0.2, -0.15) is 0 Å². The Bertz CT molecular complexity index is 756. The molecule has 0 saturated carbocycles. The zero-order valence-electron chi connectivity index (χ0n) is 15.9. The van der Waals surface area contributed by atoms with Crippen LogP contribution in [0.2, 0.25) is 5.02 Å². The molecule has 27 heavy (non-hydrogen) atoms. The number of hydrogen-bond acceptors (Lipinski definition) is 3. The van der Waals surface area contributed by atoms with Gasteiger partial charge in [-0.3, -0.25) is 4.99 Å². The second kappa shape index (κ2) is 10.2. The van der Waals surface area contributed by atoms with E-state index in [9.17, 15) is 0 Å². The summed E-state index contributed by atoms with van der Waals surface area (Å²) in [6.07, 6.45) is 6.59. The highest BCUT2D eigenvalue weighted by molar-refractivity contribution is 6.31. The molecule has 2 heterocycles. The van der Waals surface area contributed by atoms with Gasteiger partial charge in [0.1, 0.15) is 5.82 Å². The maximum atomic E-state index is 6.21. The van der Waals surface area contributed by atoms with Gasteiger partial charge in [-0.15, -0.1) is 0 Å². The quantitative estimate of drug-likeness (QED) is 0.589. The van der Waals surface area contributed by atoms with E-state index in [1.165, 1.54) is 24.8 Å². The van der Waals surface area contributed by atoms with Crippen molar-refractivity contribution in [2.24, 2.45) is 4.99 Å². The Labute approximate surface area is 166 Å². The van der Waals surface area contributed by atoms with E-state index < -0.39 is 0 Å². The average molecular weight is 386 g/mol. The number of hydrogen-bond donors (Lipinski definition) is 2. The Morgan fingerprint density at radius 1 is 1.15 bits per heavy atom. The van der Waals surface area contributed by atoms with Gasteiger partial charge in [0.25, 0.3) is 0 Å². The van der Waals surface area contributed by atoms with Crippen LogP contribution in [-0.2, 0) is 13.0 Å². The molecular formula is C21H28ClN5. The summed E-state index contributed by atoms with van der Waals surface area (Å²) < 4.78 is 0. The van der Waals surface area contributed by atoms with E-state index >= 15 is 0 Å². The zero-order valence-corrected chi connectivity index (χ0v) is 16.7. The Kier molecular flexibility index (Phi) is 7.34. The van der Waals surface area contributed by atoms with Gasteiger partial charge in [-0.25, -0.2) is 4.98 Å². The molecule has 144 valence electrons. The van der Waals surface area contributed by atoms with Crippen LogP contribution in [0, 0.1) is 0 Å². The Morgan fingerprint density at radius 2 is 1.96 bits per heavy atom. The molecule has 1 aromatic heterocycles. The number of aromatic nitrogens is 1. The van der Waals surface area contributed by atoms with Crippen molar-refractivity contribution in [3.8, 4) is 0 Å². The molecule has 5 nitrogen and oxygen atoms in total. The third kappa shape index (κ3) is 5.86. The molecule has 0 atom stereocenters. The van der Waals surface area contributed by atoms with Gasteiger partial charge in [0.2, 0.25) is 0 Å². The van der Waals surface area contributed by atoms with Crippen molar-refractivity contribution in [1.82, 2.24) is 15.6 Å². The number of nitrogens with one attached hydrogen (secondary N) is 2. The second-order valence-electron chi connectivity index (χ2n) is 6.76. The normalized spacial score (nSPS) is 14.9. The number of pyridine rings is 1. The molecule has 0 aliphatic carbocycles. The van der Waals surface area contributed by atoms with E-state index in [1.807, 2.05) is 24.4 Å². The van der Waals surface area contributed by atoms with E-state index in [0.29, 0.717) is 0 Å². The molecule has 0 amide bonds. The van der Waals surface area contributed by atoms with Crippen molar-refractivity contribution in [2.75, 3.05) is 31.6 Å². The summed E-state index contributed by atoms with van der Waals surface area (Å²) in [5.74, 6) is 1.87. The average Bonchev–Trinajstić information content (AvgIpc) is 2.72. The van der Waals surface area contributed by atoms with Crippen LogP contribution in [-0.4, -0.2) is 37.6 Å². The summed E-state index contributed by atoms with van der Waals surface area (Å²) in [5, 5.41) is 7.53. The van der Waals surface area contributed by atoms with Gasteiger partial charge in [0, 0.05) is 44.4 Å². The Hall–Kier alpha value is -2.27. The van der Waals surface area contributed by atoms with Gasteiger partial charge in [-0.05, 0) is 55.0 Å². The summed E-state index contributed by atoms with van der Waals surface area (Å²) in [4.78, 5) is 11.2. The largest absolute Gasteiger partial charge is 0.357 e. The molecule has 6 heteroatoms. The zero-order chi connectivity index (χ0) is 18.9. The minimum Gasteiger partial charge on any atom is -0.357 e. The molecule has 1 saturated heterocycles. The summed E-state index contributed by atoms with van der Waals surface area (Å²) >= 11 is 6.21. The SMILES string of the molecule is CN=C(NCCc1ccccc1Cl)NCc1ccnc(N2CCCCC2)c1. The number of benzene rings is 1. The molecule has 2 N–H and O–H groups in total. The predicted molar refractivity (Wildman–Crippen MR) is 114 cm³/mol. The smallest absolute Gasteiger partial charge is 0.191 e. The fourth-order valence-electron chi connectivity index (χ4n) is 3.29. The van der Waals surface area contributed by atoms with E-state index in [4.69, 9.17) is 11.6 Å². The Balaban J connectivity index is 1.48. The van der Waals surface area contributed by atoms with Crippen LogP contribution in [0.1, 0.15) is 30.4 Å². The van der Waals surface area contributed by atoms with Crippen molar-refractivity contribution in [2.45, 2.75) is 32.2 Å². The van der Waals surface area contributed by atoms with E-state index in [2.05, 4.69) is 43.7 Å². The minimum absolute atomic E-state index is 0.717. The Morgan fingerprint density at radius 3 is 2.74 bits per heavy atom. The van der Waals surface area contributed by atoms with Gasteiger partial charge < -0.3 is 15.5 Å². The van der Waals surface area contributed by atoms with Gasteiger partial charge >= 0.3 is 0 Å². The fraction of sp³-hybridized carbons (Fsp3) is 0.429. The highest BCUT2D eigenvalue weighted by Gasteiger charge is 2.12. The van der Waals surface area contributed by atoms with Crippen molar-refractivity contribution in [3.05, 3.63) is 58.7 Å². The summed E-state index contributed by atoms with van der Waals surface area (Å²) in [6, 6.07) is 12.2. The number of nitrogens with zero attached hydrogens (tertiary/aromatic N) is 3. The van der Waals surface area contributed by atoms with Crippen LogP contribution >= 0.6 is 11.6 Å². The monoisotopic (exact) mass is 385 g/mol. The molecule has 0 radical (unpaired) electrons. The third-order valence-electron chi connectivity index (χ3n) is 4.82. The lowest BCUT2D eigenvalue weighted by Crippen LogP contribution is -2.38. The number of halogens is 1. The number of piperidine rings is 1. The van der Waals surface area contributed by atoms with Crippen LogP contribution in [0.5, 0.6) is 0 Å². The maximum absolute atomic E-state index is 6.21. The molecule has 0 bridgehead atoms. The molecule has 0 unspecified atom stereocenters. The maximum Gasteiger partial charge on any atom is 0.191 e. The van der Waals surface area contributed by atoms with Crippen molar-refractivity contribution >= 4 is 23.4 Å². The van der Waals surface area contributed by atoms with Crippen LogP contribution in [0.25, 0.3) is 0 Å². The number of guanidine groups is 1. The third-order valence-corrected chi connectivity index (χ3v) is 5.19. The first-order valence-electron chi connectivity index (χ1n) is 9.64. The molecule has 1 aromatic carbocycles. The predicted octanol–water partition coefficient (Wildman–Crippen LogP) is 3.63. The topological polar surface area (TPSA) is 52.6 Å². The van der Waals surface area contributed by atoms with E-state index in [-0.39, 0.29) is 0 Å². The van der Waals surface area contributed by atoms with Crippen molar-refractivity contribution in [3.63, 3.8) is 0 Å². The first-order valence-corrected chi connectivity index (χ1v) is 10.0. The van der Waals surface area contributed by atoms with Crippen LogP contribution in [0.15, 0.2) is 47.6 Å². The molecule has 2 aromatic rings. The molecule has 3 rings (SSSR count). The van der Waals surface area contributed by atoms with Crippen molar-refractivity contribution < 1.29 is 0 Å². The number of anilines is 1. The summed E-state index contributed by atoms with van der Waals surface area (Å²) in [5.41, 5.74) is 2.35. The standard InChI is InChI=1S/C21H28ClN5/c1-23-21(25-12-10-18-7-3-4-8-19(18)22)26-16-17-9-11-24-20(15-17)27-13-5-2-6-14-27/h3-4,7-9,11,15H,2,5-6,10,12-14,16H2,1H3,(H2,23,25,26). The first kappa shape index (κ1) is 19.5. The fourth-order valence-corrected chi connectivity index (χ4v) is 3.52. The van der Waals surface area contributed by atoms with Crippen molar-refractivity contribution in [1.29, 1.82) is 0 Å². The van der Waals surface area contributed by atoms with Gasteiger partial charge in [-0.1, -0.05) is 29.8 Å². The van der Waals surface area contributed by atoms with Crippen LogP contribution in [0.4, 0.5) is 5.82 Å². The lowest BCUT2D eigenvalue weighted by atomic mass is 10.1. The molecule has 0 spiro atoms. The minimum atomic E-state index is 0.717. The molecular weight excluding hydrogens is 358 g/mol. The van der Waals surface area contributed by atoms with Crippen LogP contribution < -0.4 is 15.5 Å². The second-order valence-corrected chi connectivity index (χ2v) is 7.17. The van der Waals surface area contributed by atoms with E-state index in [1.54, 1.807) is 7.05 Å². The van der Waals surface area contributed by atoms with Gasteiger partial charge in [0.15, 0.2) is 5.96 Å². The summed E-state index contributed by atoms with van der Waals surface area (Å²) in [6.45, 7) is 3.71. The van der Waals surface area contributed by atoms with E-state index in [0.717, 1.165) is 55.0 Å². The molecule has 1 aliphatic rings. The highest BCUT2D eigenvalue weighted by atomic mass is 35.5. The summed E-state index contributed by atoms with van der Waals surface area (Å²) in [7, 11) is 1.79. The number of aliphatic imine (C=N–C) groups is 1. The van der Waals surface area contributed by atoms with Crippen LogP contribution in [0.3, 0.4) is 0 Å². The van der Waals surface area contributed by atoms with Gasteiger partial charge in [0.05, 0.1) is 0 Å². The first-order chi connectivity index (χ1) is 13.3. The molecule has 1 fully saturated rings. The highest BCUT2D eigenvalue weighted by Crippen LogP contribution is 2.18. The number of rotatable bonds is 6. The lowest BCUT2D eigenvalue weighted by Gasteiger charge is -2.28. The lowest BCUT2D eigenvalue weighted by molar-refractivity contribution is 0.573.